The van der Waals surface area contributed by atoms with Crippen molar-refractivity contribution in [3.8, 4) is 0 Å². The van der Waals surface area contributed by atoms with Crippen LogP contribution in [0.3, 0.4) is 0 Å². The number of halogens is 2. The SMILES string of the molecule is CC(C)[C@H](N)C(=O)N(C)Cc1ccc(Cl)cc1Cl. The quantitative estimate of drug-likeness (QED) is 0.926. The first-order valence-corrected chi connectivity index (χ1v) is 6.53. The molecule has 18 heavy (non-hydrogen) atoms. The van der Waals surface area contributed by atoms with Gasteiger partial charge in [0.15, 0.2) is 0 Å². The molecular formula is C13H18Cl2N2O. The third-order valence-corrected chi connectivity index (χ3v) is 3.39. The molecule has 1 aromatic rings. The standard InChI is InChI=1S/C13H18Cl2N2O/c1-8(2)12(16)13(18)17(3)7-9-4-5-10(14)6-11(9)15/h4-6,8,12H,7,16H2,1-3H3/t12-/m0/s1. The zero-order valence-electron chi connectivity index (χ0n) is 10.8. The maximum Gasteiger partial charge on any atom is 0.239 e. The van der Waals surface area contributed by atoms with E-state index in [0.717, 1.165) is 5.56 Å². The van der Waals surface area contributed by atoms with E-state index in [1.54, 1.807) is 24.1 Å². The fourth-order valence-electron chi connectivity index (χ4n) is 1.52. The predicted octanol–water partition coefficient (Wildman–Crippen LogP) is 2.94. The van der Waals surface area contributed by atoms with Gasteiger partial charge in [0.1, 0.15) is 0 Å². The minimum atomic E-state index is -0.485. The van der Waals surface area contributed by atoms with Gasteiger partial charge in [-0.05, 0) is 23.6 Å². The first-order valence-electron chi connectivity index (χ1n) is 5.77. The monoisotopic (exact) mass is 288 g/mol. The number of carbonyl (C=O) groups is 1. The number of benzene rings is 1. The number of nitrogens with two attached hydrogens (primary N) is 1. The maximum atomic E-state index is 12.0. The van der Waals surface area contributed by atoms with Gasteiger partial charge in [-0.2, -0.15) is 0 Å². The molecule has 1 atom stereocenters. The second kappa shape index (κ2) is 6.41. The smallest absolute Gasteiger partial charge is 0.239 e. The fourth-order valence-corrected chi connectivity index (χ4v) is 1.99. The van der Waals surface area contributed by atoms with Crippen molar-refractivity contribution in [3.63, 3.8) is 0 Å². The van der Waals surface area contributed by atoms with Gasteiger partial charge in [-0.25, -0.2) is 0 Å². The lowest BCUT2D eigenvalue weighted by molar-refractivity contribution is -0.132. The predicted molar refractivity (Wildman–Crippen MR) is 75.7 cm³/mol. The number of carbonyl (C=O) groups excluding carboxylic acids is 1. The van der Waals surface area contributed by atoms with Crippen molar-refractivity contribution in [1.82, 2.24) is 4.90 Å². The van der Waals surface area contributed by atoms with Gasteiger partial charge in [0.2, 0.25) is 5.91 Å². The summed E-state index contributed by atoms with van der Waals surface area (Å²) in [6.45, 7) is 4.27. The van der Waals surface area contributed by atoms with Crippen LogP contribution in [0, 0.1) is 5.92 Å². The summed E-state index contributed by atoms with van der Waals surface area (Å²) in [6.07, 6.45) is 0. The molecule has 0 fully saturated rings. The second-order valence-electron chi connectivity index (χ2n) is 4.70. The molecule has 0 saturated heterocycles. The van der Waals surface area contributed by atoms with Crippen LogP contribution in [0.5, 0.6) is 0 Å². The fraction of sp³-hybridized carbons (Fsp3) is 0.462. The molecule has 0 bridgehead atoms. The van der Waals surface area contributed by atoms with Crippen molar-refractivity contribution in [2.24, 2.45) is 11.7 Å². The van der Waals surface area contributed by atoms with Crippen LogP contribution in [0.4, 0.5) is 0 Å². The molecule has 1 amide bonds. The Morgan fingerprint density at radius 2 is 2.00 bits per heavy atom. The zero-order chi connectivity index (χ0) is 13.9. The van der Waals surface area contributed by atoms with Gasteiger partial charge in [0.05, 0.1) is 6.04 Å². The van der Waals surface area contributed by atoms with E-state index >= 15 is 0 Å². The van der Waals surface area contributed by atoms with Crippen molar-refractivity contribution in [3.05, 3.63) is 33.8 Å². The molecule has 5 heteroatoms. The van der Waals surface area contributed by atoms with Crippen LogP contribution >= 0.6 is 23.2 Å². The lowest BCUT2D eigenvalue weighted by Crippen LogP contribution is -2.44. The van der Waals surface area contributed by atoms with Crippen LogP contribution < -0.4 is 5.73 Å². The highest BCUT2D eigenvalue weighted by atomic mass is 35.5. The van der Waals surface area contributed by atoms with Crippen LogP contribution in [0.25, 0.3) is 0 Å². The van der Waals surface area contributed by atoms with E-state index in [-0.39, 0.29) is 11.8 Å². The molecule has 0 radical (unpaired) electrons. The number of hydrogen-bond donors (Lipinski definition) is 1. The van der Waals surface area contributed by atoms with Gasteiger partial charge in [0, 0.05) is 23.6 Å². The zero-order valence-corrected chi connectivity index (χ0v) is 12.3. The Labute approximate surface area is 118 Å². The molecule has 1 rings (SSSR count). The molecule has 0 aliphatic rings. The van der Waals surface area contributed by atoms with Crippen molar-refractivity contribution in [2.75, 3.05) is 7.05 Å². The Morgan fingerprint density at radius 3 is 2.50 bits per heavy atom. The third kappa shape index (κ3) is 3.87. The lowest BCUT2D eigenvalue weighted by atomic mass is 10.0. The Morgan fingerprint density at radius 1 is 1.39 bits per heavy atom. The second-order valence-corrected chi connectivity index (χ2v) is 5.54. The number of likely N-dealkylation sites (N-methyl/N-ethyl adjacent to an activating group) is 1. The van der Waals surface area contributed by atoms with Crippen LogP contribution in [-0.4, -0.2) is 23.9 Å². The summed E-state index contributed by atoms with van der Waals surface area (Å²) >= 11 is 11.9. The molecular weight excluding hydrogens is 271 g/mol. The van der Waals surface area contributed by atoms with Crippen LogP contribution in [0.1, 0.15) is 19.4 Å². The summed E-state index contributed by atoms with van der Waals surface area (Å²) in [5, 5.41) is 1.14. The third-order valence-electron chi connectivity index (χ3n) is 2.80. The number of rotatable bonds is 4. The first-order chi connectivity index (χ1) is 8.32. The molecule has 0 aliphatic carbocycles. The maximum absolute atomic E-state index is 12.0. The topological polar surface area (TPSA) is 46.3 Å². The Bertz CT molecular complexity index is 435. The molecule has 100 valence electrons. The molecule has 0 unspecified atom stereocenters. The van der Waals surface area contributed by atoms with Gasteiger partial charge in [-0.15, -0.1) is 0 Å². The molecule has 3 nitrogen and oxygen atoms in total. The number of nitrogens with zero attached hydrogens (tertiary/aromatic N) is 1. The average molecular weight is 289 g/mol. The van der Waals surface area contributed by atoms with E-state index in [4.69, 9.17) is 28.9 Å². The van der Waals surface area contributed by atoms with Crippen LogP contribution in [0.2, 0.25) is 10.0 Å². The van der Waals surface area contributed by atoms with E-state index in [1.165, 1.54) is 0 Å². The summed E-state index contributed by atoms with van der Waals surface area (Å²) in [7, 11) is 1.72. The Kier molecular flexibility index (Phi) is 5.45. The summed E-state index contributed by atoms with van der Waals surface area (Å²) < 4.78 is 0. The van der Waals surface area contributed by atoms with Crippen molar-refractivity contribution in [2.45, 2.75) is 26.4 Å². The lowest BCUT2D eigenvalue weighted by Gasteiger charge is -2.23. The number of hydrogen-bond acceptors (Lipinski definition) is 2. The largest absolute Gasteiger partial charge is 0.340 e. The van der Waals surface area contributed by atoms with Gasteiger partial charge in [0.25, 0.3) is 0 Å². The van der Waals surface area contributed by atoms with E-state index in [9.17, 15) is 4.79 Å². The van der Waals surface area contributed by atoms with Crippen molar-refractivity contribution >= 4 is 29.1 Å². The summed E-state index contributed by atoms with van der Waals surface area (Å²) in [6, 6.07) is 4.75. The average Bonchev–Trinajstić information content (AvgIpc) is 2.30. The molecule has 1 aromatic carbocycles. The highest BCUT2D eigenvalue weighted by Gasteiger charge is 2.21. The molecule has 0 heterocycles. The van der Waals surface area contributed by atoms with Crippen molar-refractivity contribution < 1.29 is 4.79 Å². The molecule has 2 N–H and O–H groups in total. The molecule has 0 spiro atoms. The highest BCUT2D eigenvalue weighted by molar-refractivity contribution is 6.35. The van der Waals surface area contributed by atoms with Crippen molar-refractivity contribution in [1.29, 1.82) is 0 Å². The normalized spacial score (nSPS) is 12.6. The minimum Gasteiger partial charge on any atom is -0.340 e. The first kappa shape index (κ1) is 15.3. The minimum absolute atomic E-state index is 0.0870. The van der Waals surface area contributed by atoms with E-state index in [0.29, 0.717) is 16.6 Å². The van der Waals surface area contributed by atoms with Gasteiger partial charge < -0.3 is 10.6 Å². The Hall–Kier alpha value is -0.770. The van der Waals surface area contributed by atoms with E-state index < -0.39 is 6.04 Å². The molecule has 0 aromatic heterocycles. The van der Waals surface area contributed by atoms with Gasteiger partial charge in [-0.3, -0.25) is 4.79 Å². The van der Waals surface area contributed by atoms with E-state index in [2.05, 4.69) is 0 Å². The number of amides is 1. The summed E-state index contributed by atoms with van der Waals surface area (Å²) in [5.41, 5.74) is 6.69. The molecule has 0 saturated carbocycles. The van der Waals surface area contributed by atoms with Crippen LogP contribution in [0.15, 0.2) is 18.2 Å². The Balaban J connectivity index is 2.75. The molecule has 0 aliphatic heterocycles. The summed E-state index contributed by atoms with van der Waals surface area (Å²) in [5.74, 6) is 0.0247. The highest BCUT2D eigenvalue weighted by Crippen LogP contribution is 2.22. The van der Waals surface area contributed by atoms with Gasteiger partial charge in [-0.1, -0.05) is 43.1 Å². The van der Waals surface area contributed by atoms with Crippen LogP contribution in [-0.2, 0) is 11.3 Å². The van der Waals surface area contributed by atoms with E-state index in [1.807, 2.05) is 19.9 Å². The summed E-state index contributed by atoms with van der Waals surface area (Å²) in [4.78, 5) is 13.6. The van der Waals surface area contributed by atoms with Gasteiger partial charge >= 0.3 is 0 Å².